The average molecular weight is 305 g/mol. The molecule has 0 saturated heterocycles. The van der Waals surface area contributed by atoms with Crippen LogP contribution in [0.3, 0.4) is 0 Å². The van der Waals surface area contributed by atoms with Crippen molar-refractivity contribution in [1.29, 1.82) is 0 Å². The molecule has 2 aromatic rings. The quantitative estimate of drug-likeness (QED) is 0.768. The monoisotopic (exact) mass is 305 g/mol. The Balaban J connectivity index is 2.12. The molecule has 5 heteroatoms. The first kappa shape index (κ1) is 16.7. The van der Waals surface area contributed by atoms with Crippen molar-refractivity contribution in [3.8, 4) is 0 Å². The maximum absolute atomic E-state index is 5.57. The molecule has 2 rings (SSSR count). The normalized spacial score (nSPS) is 14.0. The van der Waals surface area contributed by atoms with Gasteiger partial charge in [0.25, 0.3) is 0 Å². The lowest BCUT2D eigenvalue weighted by Gasteiger charge is -2.24. The fourth-order valence-electron chi connectivity index (χ4n) is 2.51. The highest BCUT2D eigenvalue weighted by molar-refractivity contribution is 5.13. The summed E-state index contributed by atoms with van der Waals surface area (Å²) in [6.07, 6.45) is 2.66. The SMILES string of the molecule is CC(C)c1nc(C(C)(C)CC(C)c2noc(C(C)C)n2)co1. The van der Waals surface area contributed by atoms with Crippen LogP contribution in [-0.4, -0.2) is 15.1 Å². The van der Waals surface area contributed by atoms with Crippen molar-refractivity contribution in [3.05, 3.63) is 29.6 Å². The van der Waals surface area contributed by atoms with Crippen LogP contribution in [0, 0.1) is 0 Å². The molecule has 0 spiro atoms. The molecule has 22 heavy (non-hydrogen) atoms. The lowest BCUT2D eigenvalue weighted by Crippen LogP contribution is -2.21. The Hall–Kier alpha value is -1.65. The van der Waals surface area contributed by atoms with Crippen LogP contribution in [0.5, 0.6) is 0 Å². The first-order valence-corrected chi connectivity index (χ1v) is 8.00. The molecule has 0 saturated carbocycles. The second-order valence-electron chi connectivity index (χ2n) is 7.36. The minimum Gasteiger partial charge on any atom is -0.448 e. The predicted molar refractivity (Wildman–Crippen MR) is 85.0 cm³/mol. The first-order chi connectivity index (χ1) is 10.2. The maximum atomic E-state index is 5.57. The summed E-state index contributed by atoms with van der Waals surface area (Å²) in [7, 11) is 0. The van der Waals surface area contributed by atoms with E-state index in [9.17, 15) is 0 Å². The van der Waals surface area contributed by atoms with Crippen molar-refractivity contribution < 1.29 is 8.94 Å². The lowest BCUT2D eigenvalue weighted by atomic mass is 9.80. The Kier molecular flexibility index (Phi) is 4.73. The molecular formula is C17H27N3O2. The van der Waals surface area contributed by atoms with Crippen LogP contribution in [0.1, 0.15) is 95.9 Å². The zero-order valence-corrected chi connectivity index (χ0v) is 14.7. The number of aromatic nitrogens is 3. The van der Waals surface area contributed by atoms with E-state index in [1.807, 2.05) is 0 Å². The van der Waals surface area contributed by atoms with Crippen LogP contribution in [0.4, 0.5) is 0 Å². The molecule has 122 valence electrons. The summed E-state index contributed by atoms with van der Waals surface area (Å²) >= 11 is 0. The second kappa shape index (κ2) is 6.23. The Morgan fingerprint density at radius 2 is 1.64 bits per heavy atom. The summed E-state index contributed by atoms with van der Waals surface area (Å²) in [6.45, 7) is 14.7. The van der Waals surface area contributed by atoms with Gasteiger partial charge in [0.1, 0.15) is 6.26 Å². The fraction of sp³-hybridized carbons (Fsp3) is 0.706. The van der Waals surface area contributed by atoms with Gasteiger partial charge in [0.15, 0.2) is 11.7 Å². The molecule has 0 fully saturated rings. The number of rotatable bonds is 6. The smallest absolute Gasteiger partial charge is 0.229 e. The average Bonchev–Trinajstić information content (AvgIpc) is 3.08. The van der Waals surface area contributed by atoms with Gasteiger partial charge in [0.2, 0.25) is 5.89 Å². The third-order valence-corrected chi connectivity index (χ3v) is 3.92. The largest absolute Gasteiger partial charge is 0.448 e. The van der Waals surface area contributed by atoms with Crippen LogP contribution >= 0.6 is 0 Å². The van der Waals surface area contributed by atoms with Gasteiger partial charge in [-0.15, -0.1) is 0 Å². The second-order valence-corrected chi connectivity index (χ2v) is 7.36. The molecule has 0 bridgehead atoms. The van der Waals surface area contributed by atoms with Gasteiger partial charge in [0, 0.05) is 23.2 Å². The Bertz CT molecular complexity index is 611. The molecule has 0 aliphatic carbocycles. The van der Waals surface area contributed by atoms with E-state index in [1.165, 1.54) is 0 Å². The van der Waals surface area contributed by atoms with Crippen molar-refractivity contribution in [1.82, 2.24) is 15.1 Å². The van der Waals surface area contributed by atoms with Gasteiger partial charge < -0.3 is 8.94 Å². The van der Waals surface area contributed by atoms with E-state index in [0.717, 1.165) is 23.8 Å². The molecule has 1 unspecified atom stereocenters. The summed E-state index contributed by atoms with van der Waals surface area (Å²) in [5.74, 6) is 3.01. The highest BCUT2D eigenvalue weighted by atomic mass is 16.5. The Morgan fingerprint density at radius 3 is 2.14 bits per heavy atom. The van der Waals surface area contributed by atoms with E-state index in [1.54, 1.807) is 6.26 Å². The third-order valence-electron chi connectivity index (χ3n) is 3.92. The molecular weight excluding hydrogens is 278 g/mol. The van der Waals surface area contributed by atoms with E-state index >= 15 is 0 Å². The van der Waals surface area contributed by atoms with E-state index in [4.69, 9.17) is 8.94 Å². The predicted octanol–water partition coefficient (Wildman–Crippen LogP) is 4.78. The van der Waals surface area contributed by atoms with Crippen molar-refractivity contribution in [2.24, 2.45) is 0 Å². The van der Waals surface area contributed by atoms with Gasteiger partial charge in [-0.2, -0.15) is 4.98 Å². The van der Waals surface area contributed by atoms with Gasteiger partial charge in [0.05, 0.1) is 5.69 Å². The highest BCUT2D eigenvalue weighted by Crippen LogP contribution is 2.34. The van der Waals surface area contributed by atoms with Crippen LogP contribution in [-0.2, 0) is 5.41 Å². The van der Waals surface area contributed by atoms with Crippen molar-refractivity contribution >= 4 is 0 Å². The van der Waals surface area contributed by atoms with E-state index in [2.05, 4.69) is 63.6 Å². The zero-order chi connectivity index (χ0) is 16.5. The summed E-state index contributed by atoms with van der Waals surface area (Å²) in [5.41, 5.74) is 0.880. The van der Waals surface area contributed by atoms with Gasteiger partial charge in [-0.1, -0.05) is 53.6 Å². The Morgan fingerprint density at radius 1 is 1.00 bits per heavy atom. The topological polar surface area (TPSA) is 65.0 Å². The number of nitrogens with zero attached hydrogens (tertiary/aromatic N) is 3. The van der Waals surface area contributed by atoms with Gasteiger partial charge in [-0.25, -0.2) is 4.98 Å². The fourth-order valence-corrected chi connectivity index (χ4v) is 2.51. The minimum absolute atomic E-state index is 0.102. The Labute approximate surface area is 132 Å². The van der Waals surface area contributed by atoms with E-state index < -0.39 is 0 Å². The zero-order valence-electron chi connectivity index (χ0n) is 14.7. The van der Waals surface area contributed by atoms with E-state index in [-0.39, 0.29) is 17.3 Å². The molecule has 1 atom stereocenters. The highest BCUT2D eigenvalue weighted by Gasteiger charge is 2.30. The summed E-state index contributed by atoms with van der Waals surface area (Å²) < 4.78 is 10.9. The summed E-state index contributed by atoms with van der Waals surface area (Å²) in [6, 6.07) is 0. The molecule has 0 aromatic carbocycles. The van der Waals surface area contributed by atoms with Gasteiger partial charge in [-0.05, 0) is 6.42 Å². The third kappa shape index (κ3) is 3.57. The first-order valence-electron chi connectivity index (χ1n) is 8.00. The van der Waals surface area contributed by atoms with Crippen LogP contribution < -0.4 is 0 Å². The number of oxazole rings is 1. The summed E-state index contributed by atoms with van der Waals surface area (Å²) in [4.78, 5) is 9.13. The molecule has 2 aromatic heterocycles. The van der Waals surface area contributed by atoms with Crippen molar-refractivity contribution in [3.63, 3.8) is 0 Å². The molecule has 0 radical (unpaired) electrons. The van der Waals surface area contributed by atoms with Crippen molar-refractivity contribution in [2.75, 3.05) is 0 Å². The van der Waals surface area contributed by atoms with Crippen LogP contribution in [0.2, 0.25) is 0 Å². The van der Waals surface area contributed by atoms with Gasteiger partial charge in [-0.3, -0.25) is 0 Å². The van der Waals surface area contributed by atoms with Crippen LogP contribution in [0.15, 0.2) is 15.2 Å². The standard InChI is InChI=1S/C17H27N3O2/c1-10(2)15-18-13(9-21-15)17(6,7)8-12(5)14-19-16(11(3)4)22-20-14/h9-12H,8H2,1-7H3. The minimum atomic E-state index is -0.102. The molecule has 0 N–H and O–H groups in total. The maximum Gasteiger partial charge on any atom is 0.229 e. The molecule has 0 aliphatic heterocycles. The molecule has 5 nitrogen and oxygen atoms in total. The van der Waals surface area contributed by atoms with Crippen LogP contribution in [0.25, 0.3) is 0 Å². The number of hydrogen-bond acceptors (Lipinski definition) is 5. The summed E-state index contributed by atoms with van der Waals surface area (Å²) in [5, 5.41) is 4.12. The molecule has 0 amide bonds. The lowest BCUT2D eigenvalue weighted by molar-refractivity contribution is 0.351. The molecule has 0 aliphatic rings. The number of hydrogen-bond donors (Lipinski definition) is 0. The van der Waals surface area contributed by atoms with Crippen molar-refractivity contribution in [2.45, 2.75) is 78.1 Å². The molecule has 2 heterocycles. The van der Waals surface area contributed by atoms with Gasteiger partial charge >= 0.3 is 0 Å². The van der Waals surface area contributed by atoms with E-state index in [0.29, 0.717) is 11.8 Å².